The van der Waals surface area contributed by atoms with Gasteiger partial charge < -0.3 is 0 Å². The van der Waals surface area contributed by atoms with Crippen molar-refractivity contribution in [1.82, 2.24) is 0 Å². The Bertz CT molecular complexity index is 2120. The Morgan fingerprint density at radius 3 is 1.20 bits per heavy atom. The maximum absolute atomic E-state index is 14.6. The van der Waals surface area contributed by atoms with Crippen LogP contribution in [-0.4, -0.2) is 8.42 Å². The Balaban J connectivity index is 1.32. The fraction of sp³-hybridized carbons (Fsp3) is 0.462. The van der Waals surface area contributed by atoms with Gasteiger partial charge in [-0.1, -0.05) is 155 Å². The molecule has 6 rings (SSSR count). The van der Waals surface area contributed by atoms with Crippen LogP contribution in [0.1, 0.15) is 177 Å². The molecule has 2 aliphatic rings. The average molecular weight is 755 g/mol. The first-order valence-electron chi connectivity index (χ1n) is 20.9. The number of hydrogen-bond donors (Lipinski definition) is 0. The van der Waals surface area contributed by atoms with Gasteiger partial charge in [-0.05, 0) is 153 Å². The molecule has 0 saturated heterocycles. The number of hydrogen-bond acceptors (Lipinski definition) is 2. The van der Waals surface area contributed by atoms with Gasteiger partial charge in [-0.2, -0.15) is 0 Å². The zero-order chi connectivity index (χ0) is 40.1. The van der Waals surface area contributed by atoms with Gasteiger partial charge in [-0.15, -0.1) is 0 Å². The van der Waals surface area contributed by atoms with Crippen LogP contribution in [-0.2, 0) is 44.3 Å². The summed E-state index contributed by atoms with van der Waals surface area (Å²) in [6.07, 6.45) is 12.3. The van der Waals surface area contributed by atoms with Crippen LogP contribution in [0, 0.1) is 0 Å². The maximum atomic E-state index is 14.6. The van der Waals surface area contributed by atoms with E-state index in [2.05, 4.69) is 144 Å². The van der Waals surface area contributed by atoms with Gasteiger partial charge in [0.15, 0.2) is 0 Å². The predicted octanol–water partition coefficient (Wildman–Crippen LogP) is 14.2. The first-order valence-corrected chi connectivity index (χ1v) is 22.4. The van der Waals surface area contributed by atoms with E-state index in [-0.39, 0.29) is 21.7 Å². The van der Waals surface area contributed by atoms with E-state index in [4.69, 9.17) is 0 Å². The molecule has 0 saturated carbocycles. The molecule has 0 bridgehead atoms. The smallest absolute Gasteiger partial charge is 0.207 e. The number of fused-ring (bicyclic) bond motifs is 2. The Morgan fingerprint density at radius 2 is 0.855 bits per heavy atom. The summed E-state index contributed by atoms with van der Waals surface area (Å²) in [6, 6.07) is 25.9. The second-order valence-corrected chi connectivity index (χ2v) is 21.3. The molecule has 0 atom stereocenters. The minimum Gasteiger partial charge on any atom is -0.218 e. The van der Waals surface area contributed by atoms with Crippen LogP contribution in [0.15, 0.2) is 82.6 Å². The molecule has 292 valence electrons. The fourth-order valence-corrected chi connectivity index (χ4v) is 11.0. The van der Waals surface area contributed by atoms with Crippen LogP contribution in [0.2, 0.25) is 0 Å². The molecular weight excluding hydrogens is 689 g/mol. The Morgan fingerprint density at radius 1 is 0.509 bits per heavy atom. The lowest BCUT2D eigenvalue weighted by molar-refractivity contribution is 0.332. The molecule has 0 amide bonds. The van der Waals surface area contributed by atoms with Crippen LogP contribution in [0.4, 0.5) is 0 Å². The van der Waals surface area contributed by atoms with E-state index in [1.807, 2.05) is 24.3 Å². The van der Waals surface area contributed by atoms with Crippen molar-refractivity contribution >= 4 is 33.1 Å². The van der Waals surface area contributed by atoms with Crippen molar-refractivity contribution < 1.29 is 8.42 Å². The zero-order valence-corrected chi connectivity index (χ0v) is 36.8. The highest BCUT2D eigenvalue weighted by molar-refractivity contribution is 7.91. The summed E-state index contributed by atoms with van der Waals surface area (Å²) in [5.74, 6) is 0. The van der Waals surface area contributed by atoms with Gasteiger partial charge in [0.25, 0.3) is 0 Å². The molecule has 0 N–H and O–H groups in total. The predicted molar refractivity (Wildman–Crippen MR) is 237 cm³/mol. The number of allylic oxidation sites excluding steroid dienone is 2. The third kappa shape index (κ3) is 8.11. The van der Waals surface area contributed by atoms with Crippen LogP contribution < -0.4 is 0 Å². The van der Waals surface area contributed by atoms with Gasteiger partial charge in [0.2, 0.25) is 9.84 Å². The third-order valence-electron chi connectivity index (χ3n) is 13.2. The van der Waals surface area contributed by atoms with Gasteiger partial charge in [0.1, 0.15) is 0 Å². The lowest BCUT2D eigenvalue weighted by Gasteiger charge is -2.42. The van der Waals surface area contributed by atoms with Gasteiger partial charge in [0, 0.05) is 0 Å². The summed E-state index contributed by atoms with van der Waals surface area (Å²) in [5, 5.41) is 0. The van der Waals surface area contributed by atoms with Crippen LogP contribution in [0.5, 0.6) is 0 Å². The summed E-state index contributed by atoms with van der Waals surface area (Å²) in [7, 11) is -3.75. The van der Waals surface area contributed by atoms with E-state index in [1.54, 1.807) is 0 Å². The molecule has 0 spiro atoms. The van der Waals surface area contributed by atoms with E-state index in [9.17, 15) is 8.42 Å². The van der Waals surface area contributed by atoms with E-state index >= 15 is 0 Å². The number of aryl methyl sites for hydroxylation is 2. The van der Waals surface area contributed by atoms with Crippen LogP contribution >= 0.6 is 0 Å². The lowest BCUT2D eigenvalue weighted by Crippen LogP contribution is -2.33. The highest BCUT2D eigenvalue weighted by Crippen LogP contribution is 2.48. The summed E-state index contributed by atoms with van der Waals surface area (Å²) in [4.78, 5) is 0.858. The fourth-order valence-electron chi connectivity index (χ4n) is 9.29. The van der Waals surface area contributed by atoms with E-state index in [0.29, 0.717) is 22.6 Å². The SMILES string of the molecule is CCCc1cc(C=C(C)c2ccc3c(c2)C(C)(C)CCC3(C)C)ccc1S(=O)(=O)c1ccc(C=C(C)c2ccc3c(c2)C(C)(C)CCC3(C)C)cc1CCC. The minimum atomic E-state index is -3.75. The topological polar surface area (TPSA) is 34.1 Å². The summed E-state index contributed by atoms with van der Waals surface area (Å²) >= 11 is 0. The molecule has 4 aromatic carbocycles. The molecule has 0 aliphatic heterocycles. The Hall–Kier alpha value is -3.69. The largest absolute Gasteiger partial charge is 0.218 e. The molecule has 0 radical (unpaired) electrons. The summed E-state index contributed by atoms with van der Waals surface area (Å²) in [5.41, 5.74) is 15.2. The number of rotatable bonds is 10. The lowest BCUT2D eigenvalue weighted by atomic mass is 9.63. The van der Waals surface area contributed by atoms with Crippen molar-refractivity contribution in [3.05, 3.63) is 128 Å². The Labute approximate surface area is 334 Å². The highest BCUT2D eigenvalue weighted by atomic mass is 32.2. The molecule has 2 nitrogen and oxygen atoms in total. The first-order chi connectivity index (χ1) is 25.7. The van der Waals surface area contributed by atoms with Crippen molar-refractivity contribution in [2.24, 2.45) is 0 Å². The average Bonchev–Trinajstić information content (AvgIpc) is 3.12. The standard InChI is InChI=1S/C52H66O2S/c1-13-15-41-31-37(29-35(3)39-19-21-43-45(33-39)51(9,10)27-25-49(43,5)6)17-23-47(41)55(53,54)48-24-18-38(32-42(48)16-14-2)30-36(4)40-20-22-44-46(34-40)52(11,12)28-26-50(44,7)8/h17-24,29-34H,13-16,25-28H2,1-12H3. The molecule has 0 unspecified atom stereocenters. The summed E-state index contributed by atoms with van der Waals surface area (Å²) < 4.78 is 29.2. The molecule has 55 heavy (non-hydrogen) atoms. The van der Waals surface area contributed by atoms with Crippen molar-refractivity contribution in [1.29, 1.82) is 0 Å². The van der Waals surface area contributed by atoms with Gasteiger partial charge in [-0.3, -0.25) is 0 Å². The molecule has 4 aromatic rings. The molecule has 3 heteroatoms. The monoisotopic (exact) mass is 754 g/mol. The minimum absolute atomic E-state index is 0.145. The number of benzene rings is 4. The number of sulfone groups is 1. The maximum Gasteiger partial charge on any atom is 0.207 e. The van der Waals surface area contributed by atoms with Gasteiger partial charge in [0.05, 0.1) is 9.79 Å². The van der Waals surface area contributed by atoms with Crippen molar-refractivity contribution in [3.8, 4) is 0 Å². The molecule has 0 fully saturated rings. The van der Waals surface area contributed by atoms with E-state index < -0.39 is 9.84 Å². The molecular formula is C52H66O2S. The van der Waals surface area contributed by atoms with Crippen LogP contribution in [0.25, 0.3) is 23.3 Å². The molecule has 0 aromatic heterocycles. The van der Waals surface area contributed by atoms with Gasteiger partial charge >= 0.3 is 0 Å². The molecule has 2 aliphatic carbocycles. The molecule has 0 heterocycles. The van der Waals surface area contributed by atoms with Crippen molar-refractivity contribution in [3.63, 3.8) is 0 Å². The zero-order valence-electron chi connectivity index (χ0n) is 36.0. The third-order valence-corrected chi connectivity index (χ3v) is 15.1. The highest BCUT2D eigenvalue weighted by Gasteiger charge is 2.38. The summed E-state index contributed by atoms with van der Waals surface area (Å²) in [6.45, 7) is 27.5. The Kier molecular flexibility index (Phi) is 11.2. The second-order valence-electron chi connectivity index (χ2n) is 19.4. The van der Waals surface area contributed by atoms with Crippen LogP contribution in [0.3, 0.4) is 0 Å². The van der Waals surface area contributed by atoms with E-state index in [0.717, 1.165) is 35.1 Å². The van der Waals surface area contributed by atoms with E-state index in [1.165, 1.54) is 70.2 Å². The van der Waals surface area contributed by atoms with Crippen molar-refractivity contribution in [2.45, 2.75) is 166 Å². The normalized spacial score (nSPS) is 18.8. The second kappa shape index (κ2) is 15.0. The van der Waals surface area contributed by atoms with Crippen molar-refractivity contribution in [2.75, 3.05) is 0 Å². The van der Waals surface area contributed by atoms with Gasteiger partial charge in [-0.25, -0.2) is 8.42 Å². The quantitative estimate of drug-likeness (QED) is 0.151. The first kappa shape index (κ1) is 41.0.